The molecule has 1 aliphatic heterocycles. The number of piperazine rings is 1. The lowest BCUT2D eigenvalue weighted by Crippen LogP contribution is -2.47. The molecule has 0 bridgehead atoms. The van der Waals surface area contributed by atoms with Crippen molar-refractivity contribution in [2.24, 2.45) is 0 Å². The van der Waals surface area contributed by atoms with Crippen molar-refractivity contribution in [3.8, 4) is 5.82 Å². The fraction of sp³-hybridized carbons (Fsp3) is 0.421. The van der Waals surface area contributed by atoms with Gasteiger partial charge in [-0.05, 0) is 19.1 Å². The highest BCUT2D eigenvalue weighted by Crippen LogP contribution is 2.08. The Bertz CT molecular complexity index is 960. The third-order valence-electron chi connectivity index (χ3n) is 5.04. The molecule has 0 aliphatic carbocycles. The van der Waals surface area contributed by atoms with Crippen LogP contribution < -0.4 is 5.56 Å². The van der Waals surface area contributed by atoms with Gasteiger partial charge in [-0.15, -0.1) is 5.10 Å². The second kappa shape index (κ2) is 8.41. The van der Waals surface area contributed by atoms with Crippen LogP contribution in [0.25, 0.3) is 5.82 Å². The number of hydrogen-bond donors (Lipinski definition) is 0. The Balaban J connectivity index is 1.30. The number of aryl methyl sites for hydroxylation is 1. The van der Waals surface area contributed by atoms with Crippen molar-refractivity contribution in [1.82, 2.24) is 39.3 Å². The van der Waals surface area contributed by atoms with E-state index in [1.807, 2.05) is 19.2 Å². The summed E-state index contributed by atoms with van der Waals surface area (Å²) in [6.45, 7) is 8.09. The van der Waals surface area contributed by atoms with Crippen LogP contribution in [-0.2, 0) is 13.1 Å². The first-order valence-corrected chi connectivity index (χ1v) is 9.48. The van der Waals surface area contributed by atoms with Gasteiger partial charge in [-0.2, -0.15) is 5.10 Å². The SMILES string of the molecule is Cc1nccnc1CN1CCN(CCn2nc(-n3cccn3)ccc2=O)CC1. The third kappa shape index (κ3) is 4.32. The first kappa shape index (κ1) is 18.5. The lowest BCUT2D eigenvalue weighted by Gasteiger charge is -2.34. The zero-order chi connectivity index (χ0) is 19.3. The van der Waals surface area contributed by atoms with Crippen molar-refractivity contribution in [3.05, 3.63) is 64.7 Å². The monoisotopic (exact) mass is 380 g/mol. The fourth-order valence-corrected chi connectivity index (χ4v) is 3.34. The van der Waals surface area contributed by atoms with E-state index >= 15 is 0 Å². The first-order valence-electron chi connectivity index (χ1n) is 9.48. The minimum atomic E-state index is -0.0901. The van der Waals surface area contributed by atoms with Gasteiger partial charge in [0.25, 0.3) is 5.56 Å². The van der Waals surface area contributed by atoms with Gasteiger partial charge < -0.3 is 0 Å². The summed E-state index contributed by atoms with van der Waals surface area (Å²) in [5, 5.41) is 8.60. The highest BCUT2D eigenvalue weighted by Gasteiger charge is 2.18. The van der Waals surface area contributed by atoms with E-state index in [9.17, 15) is 4.79 Å². The van der Waals surface area contributed by atoms with Crippen molar-refractivity contribution in [2.45, 2.75) is 20.0 Å². The molecule has 0 atom stereocenters. The van der Waals surface area contributed by atoms with Gasteiger partial charge in [0.1, 0.15) is 0 Å². The lowest BCUT2D eigenvalue weighted by atomic mass is 10.2. The summed E-state index contributed by atoms with van der Waals surface area (Å²) in [4.78, 5) is 25.6. The molecule has 0 unspecified atom stereocenters. The molecule has 0 saturated carbocycles. The maximum absolute atomic E-state index is 12.1. The maximum atomic E-state index is 12.1. The number of nitrogens with zero attached hydrogens (tertiary/aromatic N) is 8. The second-order valence-corrected chi connectivity index (χ2v) is 6.91. The molecule has 1 aliphatic rings. The predicted molar refractivity (Wildman–Crippen MR) is 104 cm³/mol. The molecule has 1 saturated heterocycles. The van der Waals surface area contributed by atoms with Crippen LogP contribution in [0, 0.1) is 6.92 Å². The van der Waals surface area contributed by atoms with E-state index < -0.39 is 0 Å². The van der Waals surface area contributed by atoms with E-state index in [1.54, 1.807) is 35.4 Å². The lowest BCUT2D eigenvalue weighted by molar-refractivity contribution is 0.121. The van der Waals surface area contributed by atoms with Crippen molar-refractivity contribution < 1.29 is 0 Å². The molecule has 9 heteroatoms. The molecule has 3 aromatic rings. The summed E-state index contributed by atoms with van der Waals surface area (Å²) >= 11 is 0. The van der Waals surface area contributed by atoms with E-state index in [1.165, 1.54) is 4.68 Å². The van der Waals surface area contributed by atoms with E-state index in [0.29, 0.717) is 12.4 Å². The molecular formula is C19H24N8O. The van der Waals surface area contributed by atoms with Crippen LogP contribution >= 0.6 is 0 Å². The van der Waals surface area contributed by atoms with Crippen LogP contribution in [0.4, 0.5) is 0 Å². The van der Waals surface area contributed by atoms with Crippen LogP contribution in [0.3, 0.4) is 0 Å². The second-order valence-electron chi connectivity index (χ2n) is 6.91. The molecule has 0 radical (unpaired) electrons. The Morgan fingerprint density at radius 1 is 0.964 bits per heavy atom. The number of aromatic nitrogens is 6. The molecule has 28 heavy (non-hydrogen) atoms. The number of rotatable bonds is 6. The highest BCUT2D eigenvalue weighted by molar-refractivity contribution is 5.17. The topological polar surface area (TPSA) is 85.0 Å². The quantitative estimate of drug-likeness (QED) is 0.610. The van der Waals surface area contributed by atoms with Crippen molar-refractivity contribution in [2.75, 3.05) is 32.7 Å². The van der Waals surface area contributed by atoms with Gasteiger partial charge >= 0.3 is 0 Å². The molecule has 0 amide bonds. The van der Waals surface area contributed by atoms with E-state index in [-0.39, 0.29) is 5.56 Å². The van der Waals surface area contributed by atoms with Gasteiger partial charge in [-0.25, -0.2) is 9.36 Å². The largest absolute Gasteiger partial charge is 0.299 e. The van der Waals surface area contributed by atoms with E-state index in [4.69, 9.17) is 0 Å². The predicted octanol–water partition coefficient (Wildman–Crippen LogP) is 0.345. The maximum Gasteiger partial charge on any atom is 0.266 e. The molecule has 4 rings (SSSR count). The summed E-state index contributed by atoms with van der Waals surface area (Å²) in [6.07, 6.45) is 6.99. The smallest absolute Gasteiger partial charge is 0.266 e. The molecule has 1 fully saturated rings. The molecule has 9 nitrogen and oxygen atoms in total. The summed E-state index contributed by atoms with van der Waals surface area (Å²) in [5.41, 5.74) is 1.95. The molecular weight excluding hydrogens is 356 g/mol. The van der Waals surface area contributed by atoms with Crippen LogP contribution in [-0.4, -0.2) is 72.1 Å². The van der Waals surface area contributed by atoms with Crippen LogP contribution in [0.15, 0.2) is 47.8 Å². The molecule has 3 aromatic heterocycles. The normalized spacial score (nSPS) is 15.8. The third-order valence-corrected chi connectivity index (χ3v) is 5.04. The molecule has 0 N–H and O–H groups in total. The fourth-order valence-electron chi connectivity index (χ4n) is 3.34. The Kier molecular flexibility index (Phi) is 5.54. The van der Waals surface area contributed by atoms with Crippen molar-refractivity contribution >= 4 is 0 Å². The molecule has 0 spiro atoms. The average Bonchev–Trinajstić information content (AvgIpc) is 3.25. The molecule has 0 aromatic carbocycles. The first-order chi connectivity index (χ1) is 13.7. The summed E-state index contributed by atoms with van der Waals surface area (Å²) in [5.74, 6) is 0.647. The van der Waals surface area contributed by atoms with Gasteiger partial charge in [0.2, 0.25) is 0 Å². The van der Waals surface area contributed by atoms with Crippen LogP contribution in [0.5, 0.6) is 0 Å². The Labute approximate surface area is 163 Å². The van der Waals surface area contributed by atoms with Crippen molar-refractivity contribution in [1.29, 1.82) is 0 Å². The highest BCUT2D eigenvalue weighted by atomic mass is 16.1. The minimum Gasteiger partial charge on any atom is -0.299 e. The Hall–Kier alpha value is -2.91. The zero-order valence-electron chi connectivity index (χ0n) is 16.0. The van der Waals surface area contributed by atoms with E-state index in [2.05, 4.69) is 30.0 Å². The van der Waals surface area contributed by atoms with Gasteiger partial charge in [0.15, 0.2) is 5.82 Å². The summed E-state index contributed by atoms with van der Waals surface area (Å²) < 4.78 is 3.18. The minimum absolute atomic E-state index is 0.0901. The van der Waals surface area contributed by atoms with Crippen LogP contribution in [0.1, 0.15) is 11.4 Å². The molecule has 146 valence electrons. The molecule has 4 heterocycles. The van der Waals surface area contributed by atoms with Gasteiger partial charge in [0, 0.05) is 70.1 Å². The van der Waals surface area contributed by atoms with Gasteiger partial charge in [0.05, 0.1) is 17.9 Å². The van der Waals surface area contributed by atoms with Crippen LogP contribution in [0.2, 0.25) is 0 Å². The van der Waals surface area contributed by atoms with Gasteiger partial charge in [-0.3, -0.25) is 24.6 Å². The Morgan fingerprint density at radius 2 is 1.75 bits per heavy atom. The summed E-state index contributed by atoms with van der Waals surface area (Å²) in [6, 6.07) is 5.07. The van der Waals surface area contributed by atoms with E-state index in [0.717, 1.165) is 50.7 Å². The zero-order valence-corrected chi connectivity index (χ0v) is 16.0. The van der Waals surface area contributed by atoms with Crippen molar-refractivity contribution in [3.63, 3.8) is 0 Å². The Morgan fingerprint density at radius 3 is 2.50 bits per heavy atom. The number of hydrogen-bond acceptors (Lipinski definition) is 7. The van der Waals surface area contributed by atoms with Gasteiger partial charge in [-0.1, -0.05) is 0 Å². The summed E-state index contributed by atoms with van der Waals surface area (Å²) in [7, 11) is 0. The average molecular weight is 380 g/mol. The standard InChI is InChI=1S/C19H24N8O/c1-16-17(21-7-6-20-16)15-25-11-9-24(10-12-25)13-14-27-19(28)4-3-18(23-27)26-8-2-5-22-26/h2-8H,9-15H2,1H3.